The number of hydrogen-bond acceptors (Lipinski definition) is 2. The Morgan fingerprint density at radius 1 is 0.889 bits per heavy atom. The van der Waals surface area contributed by atoms with Gasteiger partial charge in [0.05, 0.1) is 16.0 Å². The van der Waals surface area contributed by atoms with Crippen molar-refractivity contribution >= 4 is 10.0 Å². The number of benzene rings is 2. The normalized spacial score (nSPS) is 17.8. The number of aryl methyl sites for hydroxylation is 1. The molecule has 1 aliphatic rings. The Morgan fingerprint density at radius 2 is 1.44 bits per heavy atom. The molecule has 1 atom stereocenters. The third-order valence-corrected chi connectivity index (χ3v) is 5.75. The first-order valence-electron chi connectivity index (χ1n) is 7.77. The average molecular weight is 409 g/mol. The van der Waals surface area contributed by atoms with Crippen LogP contribution in [0, 0.1) is 0 Å². The third-order valence-electron chi connectivity index (χ3n) is 4.30. The van der Waals surface area contributed by atoms with Crippen molar-refractivity contribution in [3.8, 4) is 0 Å². The number of alkyl halides is 6. The molecule has 0 spiro atoms. The molecule has 1 N–H and O–H groups in total. The summed E-state index contributed by atoms with van der Waals surface area (Å²) < 4.78 is 105. The van der Waals surface area contributed by atoms with Crippen LogP contribution in [0.5, 0.6) is 0 Å². The Balaban J connectivity index is 2.02. The second-order valence-electron chi connectivity index (χ2n) is 6.15. The predicted octanol–water partition coefficient (Wildman–Crippen LogP) is 4.69. The molecule has 3 rings (SSSR count). The number of sulfonamides is 1. The zero-order chi connectivity index (χ0) is 20.0. The van der Waals surface area contributed by atoms with E-state index in [0.717, 1.165) is 5.56 Å². The van der Waals surface area contributed by atoms with Crippen molar-refractivity contribution in [2.75, 3.05) is 0 Å². The molecule has 0 fully saturated rings. The van der Waals surface area contributed by atoms with E-state index in [-0.39, 0.29) is 18.2 Å². The zero-order valence-corrected chi connectivity index (χ0v) is 14.3. The molecule has 0 saturated heterocycles. The quantitative estimate of drug-likeness (QED) is 0.748. The van der Waals surface area contributed by atoms with E-state index in [1.165, 1.54) is 0 Å². The highest BCUT2D eigenvalue weighted by molar-refractivity contribution is 7.89. The average Bonchev–Trinajstić information content (AvgIpc) is 2.95. The monoisotopic (exact) mass is 409 g/mol. The molecule has 0 saturated carbocycles. The number of nitrogens with one attached hydrogen (secondary N) is 1. The minimum atomic E-state index is -5.12. The Kier molecular flexibility index (Phi) is 4.75. The van der Waals surface area contributed by atoms with Crippen LogP contribution >= 0.6 is 0 Å². The second-order valence-corrected chi connectivity index (χ2v) is 7.87. The molecule has 0 radical (unpaired) electrons. The molecule has 146 valence electrons. The molecule has 0 aromatic heterocycles. The Morgan fingerprint density at radius 3 is 2.00 bits per heavy atom. The first-order valence-corrected chi connectivity index (χ1v) is 9.26. The molecule has 0 aliphatic heterocycles. The predicted molar refractivity (Wildman–Crippen MR) is 84.3 cm³/mol. The molecule has 1 unspecified atom stereocenters. The Labute approximate surface area is 151 Å². The van der Waals surface area contributed by atoms with Gasteiger partial charge in [0.15, 0.2) is 0 Å². The van der Waals surface area contributed by atoms with Crippen LogP contribution in [0.25, 0.3) is 0 Å². The van der Waals surface area contributed by atoms with Crippen LogP contribution in [0.4, 0.5) is 26.3 Å². The maximum absolute atomic E-state index is 12.9. The van der Waals surface area contributed by atoms with Gasteiger partial charge < -0.3 is 0 Å². The standard InChI is InChI=1S/C17H13F6NO2S/c18-16(19,20)11-7-12(17(21,22)23)9-13(8-11)27(25,26)24-15-6-5-10-3-1-2-4-14(10)15/h1-4,7-9,15,24H,5-6H2. The van der Waals surface area contributed by atoms with Crippen molar-refractivity contribution in [2.45, 2.75) is 36.1 Å². The van der Waals surface area contributed by atoms with E-state index in [4.69, 9.17) is 0 Å². The maximum atomic E-state index is 12.9. The number of hydrogen-bond donors (Lipinski definition) is 1. The lowest BCUT2D eigenvalue weighted by atomic mass is 10.1. The lowest BCUT2D eigenvalue weighted by Gasteiger charge is -2.17. The van der Waals surface area contributed by atoms with Gasteiger partial charge in [-0.1, -0.05) is 24.3 Å². The van der Waals surface area contributed by atoms with E-state index in [9.17, 15) is 34.8 Å². The molecular formula is C17H13F6NO2S. The highest BCUT2D eigenvalue weighted by atomic mass is 32.2. The van der Waals surface area contributed by atoms with E-state index < -0.39 is 44.4 Å². The van der Waals surface area contributed by atoms with Crippen molar-refractivity contribution in [3.05, 3.63) is 64.7 Å². The topological polar surface area (TPSA) is 46.2 Å². The molecule has 1 aliphatic carbocycles. The first-order chi connectivity index (χ1) is 12.4. The molecule has 10 heteroatoms. The summed E-state index contributed by atoms with van der Waals surface area (Å²) in [5.74, 6) is 0. The van der Waals surface area contributed by atoms with Gasteiger partial charge in [0.25, 0.3) is 0 Å². The second kappa shape index (κ2) is 6.52. The first kappa shape index (κ1) is 19.7. The molecule has 3 nitrogen and oxygen atoms in total. The highest BCUT2D eigenvalue weighted by Gasteiger charge is 2.38. The third kappa shape index (κ3) is 4.11. The fourth-order valence-electron chi connectivity index (χ4n) is 3.02. The summed E-state index contributed by atoms with van der Waals surface area (Å²) in [6.45, 7) is 0. The summed E-state index contributed by atoms with van der Waals surface area (Å²) >= 11 is 0. The van der Waals surface area contributed by atoms with Gasteiger partial charge >= 0.3 is 12.4 Å². The largest absolute Gasteiger partial charge is 0.416 e. The van der Waals surface area contributed by atoms with Crippen LogP contribution in [-0.2, 0) is 28.8 Å². The van der Waals surface area contributed by atoms with Crippen LogP contribution in [-0.4, -0.2) is 8.42 Å². The van der Waals surface area contributed by atoms with E-state index in [2.05, 4.69) is 4.72 Å². The lowest BCUT2D eigenvalue weighted by molar-refractivity contribution is -0.143. The number of halogens is 6. The molecule has 0 amide bonds. The fourth-order valence-corrected chi connectivity index (χ4v) is 4.34. The highest BCUT2D eigenvalue weighted by Crippen LogP contribution is 2.38. The minimum absolute atomic E-state index is 0.107. The summed E-state index contributed by atoms with van der Waals surface area (Å²) in [5.41, 5.74) is -1.82. The smallest absolute Gasteiger partial charge is 0.207 e. The summed E-state index contributed by atoms with van der Waals surface area (Å²) in [6, 6.07) is 6.49. The number of rotatable bonds is 3. The van der Waals surface area contributed by atoms with Gasteiger partial charge in [-0.3, -0.25) is 0 Å². The van der Waals surface area contributed by atoms with Gasteiger partial charge in [0.1, 0.15) is 0 Å². The SMILES string of the molecule is O=S(=O)(NC1CCc2ccccc21)c1cc(C(F)(F)F)cc(C(F)(F)F)c1. The van der Waals surface area contributed by atoms with Gasteiger partial charge in [0, 0.05) is 6.04 Å². The van der Waals surface area contributed by atoms with Crippen molar-refractivity contribution in [1.29, 1.82) is 0 Å². The molecule has 0 heterocycles. The van der Waals surface area contributed by atoms with Gasteiger partial charge in [0.2, 0.25) is 10.0 Å². The van der Waals surface area contributed by atoms with Crippen LogP contribution in [0.2, 0.25) is 0 Å². The minimum Gasteiger partial charge on any atom is -0.207 e. The zero-order valence-electron chi connectivity index (χ0n) is 13.5. The van der Waals surface area contributed by atoms with E-state index in [0.29, 0.717) is 18.4 Å². The van der Waals surface area contributed by atoms with Crippen molar-refractivity contribution < 1.29 is 34.8 Å². The van der Waals surface area contributed by atoms with Gasteiger partial charge in [-0.2, -0.15) is 26.3 Å². The number of fused-ring (bicyclic) bond motifs is 1. The fraction of sp³-hybridized carbons (Fsp3) is 0.294. The summed E-state index contributed by atoms with van der Waals surface area (Å²) in [4.78, 5) is -1.07. The molecule has 2 aromatic rings. The summed E-state index contributed by atoms with van der Waals surface area (Å²) in [6.07, 6.45) is -9.32. The van der Waals surface area contributed by atoms with Crippen molar-refractivity contribution in [3.63, 3.8) is 0 Å². The molecule has 0 bridgehead atoms. The molecule has 27 heavy (non-hydrogen) atoms. The van der Waals surface area contributed by atoms with Crippen LogP contribution < -0.4 is 4.72 Å². The van der Waals surface area contributed by atoms with Gasteiger partial charge in [-0.25, -0.2) is 13.1 Å². The van der Waals surface area contributed by atoms with E-state index >= 15 is 0 Å². The van der Waals surface area contributed by atoms with Crippen molar-refractivity contribution in [1.82, 2.24) is 4.72 Å². The Hall–Kier alpha value is -2.07. The van der Waals surface area contributed by atoms with Crippen LogP contribution in [0.3, 0.4) is 0 Å². The van der Waals surface area contributed by atoms with E-state index in [1.807, 2.05) is 0 Å². The van der Waals surface area contributed by atoms with Crippen LogP contribution in [0.1, 0.15) is 34.7 Å². The molecule has 2 aromatic carbocycles. The lowest BCUT2D eigenvalue weighted by Crippen LogP contribution is -2.28. The van der Waals surface area contributed by atoms with Gasteiger partial charge in [-0.15, -0.1) is 0 Å². The summed E-state index contributed by atoms with van der Waals surface area (Å²) in [5, 5.41) is 0. The van der Waals surface area contributed by atoms with Crippen LogP contribution in [0.15, 0.2) is 47.4 Å². The van der Waals surface area contributed by atoms with Gasteiger partial charge in [-0.05, 0) is 42.2 Å². The summed E-state index contributed by atoms with van der Waals surface area (Å²) in [7, 11) is -4.60. The van der Waals surface area contributed by atoms with Crippen molar-refractivity contribution in [2.24, 2.45) is 0 Å². The molecular weight excluding hydrogens is 396 g/mol. The van der Waals surface area contributed by atoms with E-state index in [1.54, 1.807) is 24.3 Å². The Bertz CT molecular complexity index is 934. The maximum Gasteiger partial charge on any atom is 0.416 e.